The van der Waals surface area contributed by atoms with Gasteiger partial charge in [-0.15, -0.1) is 0 Å². The highest BCUT2D eigenvalue weighted by Crippen LogP contribution is 2.53. The number of hydrogen-bond acceptors (Lipinski definition) is 5. The summed E-state index contributed by atoms with van der Waals surface area (Å²) in [7, 11) is 0. The van der Waals surface area contributed by atoms with Crippen molar-refractivity contribution in [1.82, 2.24) is 15.3 Å². The van der Waals surface area contributed by atoms with Crippen LogP contribution in [0.25, 0.3) is 11.3 Å². The number of benzene rings is 1. The number of piperidine rings is 1. The molecule has 1 saturated carbocycles. The van der Waals surface area contributed by atoms with Gasteiger partial charge in [-0.25, -0.2) is 9.37 Å². The molecule has 3 aliphatic rings. The number of carbonyl (C=O) groups is 1. The standard InChI is InChI=1S/C27H24FN5O/c28-21-3-1-2-17(14-29)24(21)22-13-18(25-23(32-22)16-31-26(25)34)12-19-4-5-20(15-30-19)33-10-8-27(6-7-27)9-11-33/h1-5,13,15H,6-12,16H2,(H,31,34). The van der Waals surface area contributed by atoms with E-state index in [4.69, 9.17) is 0 Å². The lowest BCUT2D eigenvalue weighted by Crippen LogP contribution is -2.34. The number of anilines is 1. The summed E-state index contributed by atoms with van der Waals surface area (Å²) in [6.07, 6.45) is 7.62. The molecule has 1 aromatic carbocycles. The van der Waals surface area contributed by atoms with Crippen LogP contribution in [0.1, 0.15) is 58.6 Å². The number of amides is 1. The fourth-order valence-electron chi connectivity index (χ4n) is 5.28. The summed E-state index contributed by atoms with van der Waals surface area (Å²) < 4.78 is 14.7. The second-order valence-corrected chi connectivity index (χ2v) is 9.62. The average Bonchev–Trinajstić information content (AvgIpc) is 3.50. The molecular formula is C27H24FN5O. The minimum absolute atomic E-state index is 0.162. The van der Waals surface area contributed by atoms with Gasteiger partial charge in [0.25, 0.3) is 5.91 Å². The zero-order valence-electron chi connectivity index (χ0n) is 18.8. The number of hydrogen-bond donors (Lipinski definition) is 1. The highest BCUT2D eigenvalue weighted by atomic mass is 19.1. The molecule has 6 nitrogen and oxygen atoms in total. The largest absolute Gasteiger partial charge is 0.370 e. The van der Waals surface area contributed by atoms with Crippen LogP contribution in [-0.2, 0) is 13.0 Å². The molecule has 0 bridgehead atoms. The molecule has 2 fully saturated rings. The van der Waals surface area contributed by atoms with Gasteiger partial charge in [0.1, 0.15) is 5.82 Å². The maximum atomic E-state index is 14.7. The van der Waals surface area contributed by atoms with E-state index in [9.17, 15) is 14.4 Å². The monoisotopic (exact) mass is 453 g/mol. The van der Waals surface area contributed by atoms with Gasteiger partial charge in [-0.1, -0.05) is 6.07 Å². The number of rotatable bonds is 4. The van der Waals surface area contributed by atoms with Crippen molar-refractivity contribution in [1.29, 1.82) is 5.26 Å². The molecule has 0 atom stereocenters. The maximum absolute atomic E-state index is 14.7. The molecule has 1 N–H and O–H groups in total. The van der Waals surface area contributed by atoms with Gasteiger partial charge in [0, 0.05) is 25.2 Å². The van der Waals surface area contributed by atoms with E-state index >= 15 is 0 Å². The summed E-state index contributed by atoms with van der Waals surface area (Å²) in [6.45, 7) is 2.44. The summed E-state index contributed by atoms with van der Waals surface area (Å²) in [5.74, 6) is -0.691. The zero-order chi connectivity index (χ0) is 23.3. The topological polar surface area (TPSA) is 81.9 Å². The summed E-state index contributed by atoms with van der Waals surface area (Å²) in [5, 5.41) is 12.3. The number of nitrogens with zero attached hydrogens (tertiary/aromatic N) is 4. The molecule has 1 saturated heterocycles. The van der Waals surface area contributed by atoms with E-state index in [-0.39, 0.29) is 23.6 Å². The van der Waals surface area contributed by atoms with Gasteiger partial charge in [0.15, 0.2) is 0 Å². The van der Waals surface area contributed by atoms with Crippen LogP contribution >= 0.6 is 0 Å². The number of pyridine rings is 2. The molecule has 34 heavy (non-hydrogen) atoms. The third kappa shape index (κ3) is 3.60. The van der Waals surface area contributed by atoms with Gasteiger partial charge in [-0.3, -0.25) is 9.78 Å². The Bertz CT molecular complexity index is 1330. The van der Waals surface area contributed by atoms with Crippen molar-refractivity contribution in [2.24, 2.45) is 5.41 Å². The van der Waals surface area contributed by atoms with Crippen LogP contribution in [0.15, 0.2) is 42.6 Å². The zero-order valence-corrected chi connectivity index (χ0v) is 18.8. The Morgan fingerprint density at radius 2 is 1.94 bits per heavy atom. The number of aromatic nitrogens is 2. The lowest BCUT2D eigenvalue weighted by Gasteiger charge is -2.33. The van der Waals surface area contributed by atoms with E-state index < -0.39 is 5.82 Å². The van der Waals surface area contributed by atoms with Gasteiger partial charge in [-0.05, 0) is 67.0 Å². The van der Waals surface area contributed by atoms with Crippen molar-refractivity contribution >= 4 is 11.6 Å². The molecule has 2 aliphatic heterocycles. The first kappa shape index (κ1) is 20.8. The number of fused-ring (bicyclic) bond motifs is 1. The predicted octanol–water partition coefficient (Wildman–Crippen LogP) is 4.37. The SMILES string of the molecule is N#Cc1cccc(F)c1-c1cc(Cc2ccc(N3CCC4(CC3)CC4)cn2)c2c(n1)CNC2=O. The molecule has 2 aromatic heterocycles. The highest BCUT2D eigenvalue weighted by molar-refractivity contribution is 5.99. The first-order chi connectivity index (χ1) is 16.5. The Morgan fingerprint density at radius 3 is 2.65 bits per heavy atom. The van der Waals surface area contributed by atoms with Crippen LogP contribution in [0.4, 0.5) is 10.1 Å². The fourth-order valence-corrected chi connectivity index (χ4v) is 5.28. The Hall–Kier alpha value is -3.79. The molecule has 3 aromatic rings. The van der Waals surface area contributed by atoms with Crippen molar-refractivity contribution < 1.29 is 9.18 Å². The van der Waals surface area contributed by atoms with E-state index in [1.807, 2.05) is 18.3 Å². The van der Waals surface area contributed by atoms with E-state index in [0.717, 1.165) is 30.0 Å². The van der Waals surface area contributed by atoms with Crippen LogP contribution < -0.4 is 10.2 Å². The molecule has 1 aliphatic carbocycles. The first-order valence-electron chi connectivity index (χ1n) is 11.8. The Morgan fingerprint density at radius 1 is 1.12 bits per heavy atom. The number of carbonyl (C=O) groups excluding carboxylic acids is 1. The summed E-state index contributed by atoms with van der Waals surface area (Å²) in [4.78, 5) is 24.1. The van der Waals surface area contributed by atoms with Crippen molar-refractivity contribution in [3.05, 3.63) is 76.5 Å². The Kier molecular flexibility index (Phi) is 4.84. The second kappa shape index (κ2) is 7.91. The number of nitriles is 1. The molecule has 7 heteroatoms. The van der Waals surface area contributed by atoms with E-state index in [2.05, 4.69) is 26.3 Å². The molecule has 170 valence electrons. The molecule has 1 amide bonds. The van der Waals surface area contributed by atoms with Crippen molar-refractivity contribution in [2.75, 3.05) is 18.0 Å². The molecule has 6 rings (SSSR count). The van der Waals surface area contributed by atoms with Gasteiger partial charge in [0.2, 0.25) is 0 Å². The lowest BCUT2D eigenvalue weighted by atomic mass is 9.93. The molecular weight excluding hydrogens is 429 g/mol. The van der Waals surface area contributed by atoms with Crippen LogP contribution in [0.2, 0.25) is 0 Å². The quantitative estimate of drug-likeness (QED) is 0.634. The number of nitrogens with one attached hydrogen (secondary N) is 1. The van der Waals surface area contributed by atoms with Crippen molar-refractivity contribution in [3.8, 4) is 17.3 Å². The van der Waals surface area contributed by atoms with Gasteiger partial charge in [0.05, 0.1) is 52.6 Å². The minimum atomic E-state index is -0.508. The van der Waals surface area contributed by atoms with E-state index in [0.29, 0.717) is 28.8 Å². The normalized spacial score (nSPS) is 17.9. The van der Waals surface area contributed by atoms with Crippen LogP contribution in [-0.4, -0.2) is 29.0 Å². The van der Waals surface area contributed by atoms with E-state index in [1.165, 1.54) is 37.8 Å². The van der Waals surface area contributed by atoms with Crippen LogP contribution in [0.5, 0.6) is 0 Å². The summed E-state index contributed by atoms with van der Waals surface area (Å²) in [5.41, 5.74) is 5.15. The smallest absolute Gasteiger partial charge is 0.253 e. The van der Waals surface area contributed by atoms with Crippen molar-refractivity contribution in [2.45, 2.75) is 38.6 Å². The van der Waals surface area contributed by atoms with Gasteiger partial charge >= 0.3 is 0 Å². The third-order valence-electron chi connectivity index (χ3n) is 7.54. The molecule has 0 unspecified atom stereocenters. The maximum Gasteiger partial charge on any atom is 0.253 e. The predicted molar refractivity (Wildman–Crippen MR) is 126 cm³/mol. The summed E-state index contributed by atoms with van der Waals surface area (Å²) >= 11 is 0. The Labute approximate surface area is 197 Å². The molecule has 0 radical (unpaired) electrons. The van der Waals surface area contributed by atoms with Gasteiger partial charge < -0.3 is 10.2 Å². The van der Waals surface area contributed by atoms with Crippen LogP contribution in [0.3, 0.4) is 0 Å². The molecule has 4 heterocycles. The lowest BCUT2D eigenvalue weighted by molar-refractivity contribution is 0.0965. The van der Waals surface area contributed by atoms with Crippen LogP contribution in [0, 0.1) is 22.6 Å². The minimum Gasteiger partial charge on any atom is -0.370 e. The second-order valence-electron chi connectivity index (χ2n) is 9.62. The van der Waals surface area contributed by atoms with Crippen molar-refractivity contribution in [3.63, 3.8) is 0 Å². The highest BCUT2D eigenvalue weighted by Gasteiger charge is 2.44. The average molecular weight is 454 g/mol. The molecule has 1 spiro atoms. The fraction of sp³-hybridized carbons (Fsp3) is 0.333. The summed E-state index contributed by atoms with van der Waals surface area (Å²) in [6, 6.07) is 12.3. The van der Waals surface area contributed by atoms with E-state index in [1.54, 1.807) is 12.1 Å². The third-order valence-corrected chi connectivity index (χ3v) is 7.54. The first-order valence-corrected chi connectivity index (χ1v) is 11.8. The Balaban J connectivity index is 1.31. The number of halogens is 1. The van der Waals surface area contributed by atoms with Gasteiger partial charge in [-0.2, -0.15) is 5.26 Å².